The topological polar surface area (TPSA) is 79.1 Å². The minimum Gasteiger partial charge on any atom is -0.497 e. The normalized spacial score (nSPS) is 12.6. The quantitative estimate of drug-likeness (QED) is 0.182. The fourth-order valence-electron chi connectivity index (χ4n) is 8.48. The fourth-order valence-corrected chi connectivity index (χ4v) is 8.48. The number of nitrogens with one attached hydrogen (secondary N) is 2. The van der Waals surface area contributed by atoms with Crippen LogP contribution in [0, 0.1) is 13.8 Å². The Bertz CT molecular complexity index is 3140. The van der Waals surface area contributed by atoms with E-state index in [0.29, 0.717) is 0 Å². The van der Waals surface area contributed by atoms with Gasteiger partial charge in [0, 0.05) is 33.2 Å². The second kappa shape index (κ2) is 14.2. The van der Waals surface area contributed by atoms with Crippen molar-refractivity contribution < 1.29 is 9.47 Å². The summed E-state index contributed by atoms with van der Waals surface area (Å²) in [6, 6.07) is 50.5. The Labute approximate surface area is 347 Å². The minimum absolute atomic E-state index is 0.768. The minimum atomic E-state index is 0.768. The van der Waals surface area contributed by atoms with Crippen molar-refractivity contribution in [1.29, 1.82) is 0 Å². The van der Waals surface area contributed by atoms with Crippen LogP contribution in [0.1, 0.15) is 33.9 Å². The molecule has 60 heavy (non-hydrogen) atoms. The number of nitrogens with zero attached hydrogens (tertiary/aromatic N) is 3. The van der Waals surface area contributed by atoms with E-state index in [2.05, 4.69) is 162 Å². The van der Waals surface area contributed by atoms with E-state index >= 15 is 0 Å². The van der Waals surface area contributed by atoms with Crippen LogP contribution in [-0.4, -0.2) is 27.0 Å². The van der Waals surface area contributed by atoms with Gasteiger partial charge in [-0.05, 0) is 116 Å². The molecule has 288 valence electrons. The number of H-pyrrole nitrogens is 2. The maximum absolute atomic E-state index is 6.50. The van der Waals surface area contributed by atoms with E-state index in [4.69, 9.17) is 19.4 Å². The lowest BCUT2D eigenvalue weighted by Crippen LogP contribution is -2.17. The van der Waals surface area contributed by atoms with Crippen LogP contribution in [0.4, 0.5) is 17.1 Å². The van der Waals surface area contributed by atoms with Crippen LogP contribution in [-0.2, 0) is 0 Å². The number of rotatable bonds is 5. The largest absolute Gasteiger partial charge is 0.497 e. The second-order valence-corrected chi connectivity index (χ2v) is 15.3. The number of hydrogen-bond donors (Lipinski definition) is 2. The van der Waals surface area contributed by atoms with Crippen LogP contribution in [0.25, 0.3) is 79.8 Å². The Morgan fingerprint density at radius 3 is 1.33 bits per heavy atom. The molecule has 0 radical (unpaired) electrons. The summed E-state index contributed by atoms with van der Waals surface area (Å²) in [4.78, 5) is 21.0. The highest BCUT2D eigenvalue weighted by atomic mass is 16.5. The third kappa shape index (κ3) is 5.98. The fraction of sp³-hybridized carbons (Fsp3) is 0.0566. The molecule has 2 N–H and O–H groups in total. The van der Waals surface area contributed by atoms with Gasteiger partial charge in [-0.2, -0.15) is 0 Å². The average molecular weight is 778 g/mol. The summed E-state index contributed by atoms with van der Waals surface area (Å²) < 4.78 is 12.1. The molecule has 0 saturated carbocycles. The van der Waals surface area contributed by atoms with Crippen molar-refractivity contribution in [3.8, 4) is 50.6 Å². The first-order valence-electron chi connectivity index (χ1n) is 20.1. The standard InChI is InChI=1S/C53H39N5O2/c1-32-12-16-34(17-13-32)50-38-24-26-40(54-38)52(36-20-22-37(59-3)23-21-36)41-27-25-39(55-41)51(35-18-14-33(2)15-19-35)43-29-31-45(57-43)53(44-30-28-42(50)56-44)58-46-8-4-6-10-48(46)60-49-11-7-5-9-47(49)58/h4-31,54,57H,1-3H3. The molecule has 5 aromatic carbocycles. The molecule has 0 saturated heterocycles. The molecule has 0 spiro atoms. The molecule has 8 bridgehead atoms. The first-order valence-corrected chi connectivity index (χ1v) is 20.1. The van der Waals surface area contributed by atoms with Crippen LogP contribution in [0.2, 0.25) is 0 Å². The summed E-state index contributed by atoms with van der Waals surface area (Å²) in [7, 11) is 1.69. The Kier molecular flexibility index (Phi) is 8.34. The van der Waals surface area contributed by atoms with Crippen molar-refractivity contribution in [2.45, 2.75) is 13.8 Å². The lowest BCUT2D eigenvalue weighted by Gasteiger charge is -2.33. The van der Waals surface area contributed by atoms with Gasteiger partial charge in [-0.15, -0.1) is 0 Å². The monoisotopic (exact) mass is 777 g/mol. The van der Waals surface area contributed by atoms with Gasteiger partial charge in [0.2, 0.25) is 0 Å². The number of para-hydroxylation sites is 4. The molecular weight excluding hydrogens is 739 g/mol. The summed E-state index contributed by atoms with van der Waals surface area (Å²) >= 11 is 0. The first kappa shape index (κ1) is 35.3. The number of aryl methyl sites for hydroxylation is 2. The van der Waals surface area contributed by atoms with Crippen LogP contribution in [0.3, 0.4) is 0 Å². The van der Waals surface area contributed by atoms with Gasteiger partial charge < -0.3 is 19.4 Å². The number of aromatic amines is 2. The number of aromatic nitrogens is 4. The summed E-state index contributed by atoms with van der Waals surface area (Å²) in [6.45, 7) is 4.23. The average Bonchev–Trinajstić information content (AvgIpc) is 4.13. The SMILES string of the molecule is COc1ccc(-c2c3nc(c(-c4ccc(C)cc4)c4ccc([nH]4)c(N4c5ccccc5Oc5ccccc54)c4nc(c(-c5ccc(C)cc5)c5ccc2[nH]5)C=C4)C=C3)cc1. The van der Waals surface area contributed by atoms with Crippen LogP contribution in [0.15, 0.2) is 146 Å². The van der Waals surface area contributed by atoms with E-state index in [9.17, 15) is 0 Å². The van der Waals surface area contributed by atoms with Crippen LogP contribution >= 0.6 is 0 Å². The first-order chi connectivity index (χ1) is 29.5. The smallest absolute Gasteiger partial charge is 0.151 e. The molecule has 6 heterocycles. The van der Waals surface area contributed by atoms with Gasteiger partial charge in [0.15, 0.2) is 11.5 Å². The molecule has 11 rings (SSSR count). The maximum Gasteiger partial charge on any atom is 0.151 e. The second-order valence-electron chi connectivity index (χ2n) is 15.3. The lowest BCUT2D eigenvalue weighted by atomic mass is 10.0. The summed E-state index contributed by atoms with van der Waals surface area (Å²) in [5, 5.41) is 0. The van der Waals surface area contributed by atoms with Gasteiger partial charge in [-0.3, -0.25) is 4.90 Å². The molecular formula is C53H39N5O2. The predicted octanol–water partition coefficient (Wildman–Crippen LogP) is 13.9. The van der Waals surface area contributed by atoms with Crippen molar-refractivity contribution >= 4 is 63.4 Å². The van der Waals surface area contributed by atoms with Crippen LogP contribution in [0.5, 0.6) is 17.2 Å². The van der Waals surface area contributed by atoms with E-state index in [0.717, 1.165) is 113 Å². The van der Waals surface area contributed by atoms with Crippen molar-refractivity contribution in [3.63, 3.8) is 0 Å². The molecule has 0 aliphatic carbocycles. The van der Waals surface area contributed by atoms with Crippen molar-refractivity contribution in [2.24, 2.45) is 0 Å². The van der Waals surface area contributed by atoms with Gasteiger partial charge in [0.25, 0.3) is 0 Å². The summed E-state index contributed by atoms with van der Waals surface area (Å²) in [5.41, 5.74) is 18.3. The molecule has 0 atom stereocenters. The molecule has 8 aromatic rings. The molecule has 7 heteroatoms. The third-order valence-electron chi connectivity index (χ3n) is 11.4. The lowest BCUT2D eigenvalue weighted by molar-refractivity contribution is 0.415. The molecule has 3 aliphatic rings. The molecule has 3 aliphatic heterocycles. The van der Waals surface area contributed by atoms with E-state index in [1.54, 1.807) is 7.11 Å². The summed E-state index contributed by atoms with van der Waals surface area (Å²) in [6.07, 6.45) is 8.52. The predicted molar refractivity (Wildman–Crippen MR) is 246 cm³/mol. The van der Waals surface area contributed by atoms with E-state index < -0.39 is 0 Å². The summed E-state index contributed by atoms with van der Waals surface area (Å²) in [5.74, 6) is 2.33. The van der Waals surface area contributed by atoms with Crippen LogP contribution < -0.4 is 14.4 Å². The Morgan fingerprint density at radius 2 is 0.850 bits per heavy atom. The zero-order valence-corrected chi connectivity index (χ0v) is 33.3. The number of hydrogen-bond acceptors (Lipinski definition) is 5. The van der Waals surface area contributed by atoms with Crippen molar-refractivity contribution in [2.75, 3.05) is 12.0 Å². The Morgan fingerprint density at radius 1 is 0.450 bits per heavy atom. The Balaban J connectivity index is 1.31. The zero-order valence-electron chi connectivity index (χ0n) is 33.3. The highest BCUT2D eigenvalue weighted by Gasteiger charge is 2.29. The number of ether oxygens (including phenoxy) is 2. The molecule has 0 fully saturated rings. The third-order valence-corrected chi connectivity index (χ3v) is 11.4. The van der Waals surface area contributed by atoms with E-state index in [1.165, 1.54) is 11.1 Å². The maximum atomic E-state index is 6.50. The molecule has 7 nitrogen and oxygen atoms in total. The number of methoxy groups -OCH3 is 1. The molecule has 3 aromatic heterocycles. The Hall–Kier alpha value is -7.90. The van der Waals surface area contributed by atoms with E-state index in [-0.39, 0.29) is 0 Å². The highest BCUT2D eigenvalue weighted by Crippen LogP contribution is 2.52. The van der Waals surface area contributed by atoms with Gasteiger partial charge in [-0.25, -0.2) is 9.97 Å². The van der Waals surface area contributed by atoms with Gasteiger partial charge in [0.05, 0.1) is 52.5 Å². The van der Waals surface area contributed by atoms with Gasteiger partial charge in [-0.1, -0.05) is 96.1 Å². The van der Waals surface area contributed by atoms with Crippen molar-refractivity contribution in [3.05, 3.63) is 179 Å². The molecule has 0 unspecified atom stereocenters. The van der Waals surface area contributed by atoms with Crippen molar-refractivity contribution in [1.82, 2.24) is 19.9 Å². The number of fused-ring (bicyclic) bond motifs is 10. The highest BCUT2D eigenvalue weighted by molar-refractivity contribution is 6.02. The number of anilines is 3. The van der Waals surface area contributed by atoms with Gasteiger partial charge in [0.1, 0.15) is 5.75 Å². The van der Waals surface area contributed by atoms with E-state index in [1.807, 2.05) is 36.4 Å². The molecule has 0 amide bonds. The number of benzene rings is 5. The zero-order chi connectivity index (χ0) is 40.3. The van der Waals surface area contributed by atoms with Gasteiger partial charge >= 0.3 is 0 Å².